The number of esters is 2. The molecule has 0 amide bonds. The number of rotatable bonds is 6. The van der Waals surface area contributed by atoms with Gasteiger partial charge in [-0.3, -0.25) is 0 Å². The first-order valence-electron chi connectivity index (χ1n) is 7.90. The molecule has 0 unspecified atom stereocenters. The van der Waals surface area contributed by atoms with Gasteiger partial charge in [0.25, 0.3) is 0 Å². The molecule has 1 aromatic rings. The molecule has 0 bridgehead atoms. The molecule has 0 atom stereocenters. The van der Waals surface area contributed by atoms with Gasteiger partial charge in [0, 0.05) is 11.9 Å². The number of hydrogen-bond donors (Lipinski definition) is 0. The summed E-state index contributed by atoms with van der Waals surface area (Å²) < 4.78 is 15.2. The van der Waals surface area contributed by atoms with Crippen LogP contribution >= 0.6 is 0 Å². The number of allylic oxidation sites excluding steroid dienone is 2. The molecule has 1 aliphatic rings. The van der Waals surface area contributed by atoms with E-state index in [9.17, 15) is 9.59 Å². The van der Waals surface area contributed by atoms with E-state index in [0.29, 0.717) is 12.3 Å². The van der Waals surface area contributed by atoms with Gasteiger partial charge in [0.05, 0.1) is 26.4 Å². The summed E-state index contributed by atoms with van der Waals surface area (Å²) >= 11 is 0. The van der Waals surface area contributed by atoms with Crippen molar-refractivity contribution in [1.29, 1.82) is 0 Å². The van der Waals surface area contributed by atoms with E-state index < -0.39 is 11.9 Å². The molecule has 1 aliphatic heterocycles. The molecule has 6 nitrogen and oxygen atoms in total. The molecule has 6 heteroatoms. The Kier molecular flexibility index (Phi) is 6.39. The lowest BCUT2D eigenvalue weighted by atomic mass is 10.1. The molecule has 0 radical (unpaired) electrons. The van der Waals surface area contributed by atoms with E-state index >= 15 is 0 Å². The van der Waals surface area contributed by atoms with Gasteiger partial charge < -0.3 is 19.1 Å². The number of methoxy groups -OCH3 is 2. The van der Waals surface area contributed by atoms with Crippen molar-refractivity contribution in [3.63, 3.8) is 0 Å². The number of anilines is 1. The third-order valence-electron chi connectivity index (χ3n) is 3.48. The number of carbonyl (C=O) groups is 2. The molecule has 0 saturated carbocycles. The minimum Gasteiger partial charge on any atom is -0.494 e. The zero-order valence-electron chi connectivity index (χ0n) is 14.5. The van der Waals surface area contributed by atoms with Crippen LogP contribution in [-0.2, 0) is 19.1 Å². The van der Waals surface area contributed by atoms with Crippen molar-refractivity contribution in [1.82, 2.24) is 0 Å². The molecule has 0 saturated heterocycles. The minimum atomic E-state index is -0.636. The van der Waals surface area contributed by atoms with Gasteiger partial charge in [-0.2, -0.15) is 0 Å². The van der Waals surface area contributed by atoms with E-state index in [1.165, 1.54) is 20.3 Å². The van der Waals surface area contributed by atoms with Crippen molar-refractivity contribution in [2.45, 2.75) is 13.3 Å². The summed E-state index contributed by atoms with van der Waals surface area (Å²) in [4.78, 5) is 26.0. The molecular formula is C19H21NO5. The van der Waals surface area contributed by atoms with Crippen LogP contribution in [0.3, 0.4) is 0 Å². The Bertz CT molecular complexity index is 716. The van der Waals surface area contributed by atoms with Crippen LogP contribution in [0, 0.1) is 0 Å². The van der Waals surface area contributed by atoms with Crippen LogP contribution in [0.4, 0.5) is 5.69 Å². The Labute approximate surface area is 147 Å². The van der Waals surface area contributed by atoms with Crippen LogP contribution in [0.25, 0.3) is 0 Å². The molecule has 0 spiro atoms. The van der Waals surface area contributed by atoms with E-state index in [-0.39, 0.29) is 11.3 Å². The highest BCUT2D eigenvalue weighted by Crippen LogP contribution is 2.27. The molecule has 1 aromatic carbocycles. The highest BCUT2D eigenvalue weighted by atomic mass is 16.5. The van der Waals surface area contributed by atoms with Crippen molar-refractivity contribution in [2.75, 3.05) is 25.7 Å². The number of nitrogens with zero attached hydrogens (tertiary/aromatic N) is 1. The average molecular weight is 343 g/mol. The third-order valence-corrected chi connectivity index (χ3v) is 3.48. The van der Waals surface area contributed by atoms with Gasteiger partial charge >= 0.3 is 11.9 Å². The second-order valence-corrected chi connectivity index (χ2v) is 5.16. The maximum Gasteiger partial charge on any atom is 0.355 e. The summed E-state index contributed by atoms with van der Waals surface area (Å²) in [5.74, 6) is -0.518. The highest BCUT2D eigenvalue weighted by molar-refractivity contribution is 6.05. The average Bonchev–Trinajstić information content (AvgIpc) is 2.88. The van der Waals surface area contributed by atoms with Gasteiger partial charge in [-0.15, -0.1) is 0 Å². The lowest BCUT2D eigenvalue weighted by Gasteiger charge is -2.23. The normalized spacial score (nSPS) is 13.5. The number of ether oxygens (including phenoxy) is 3. The Morgan fingerprint density at radius 3 is 2.28 bits per heavy atom. The SMILES string of the molecule is CCCOc1ccc(N2C=CC=CC(C(=O)OC)=C2C(=O)OC)cc1. The van der Waals surface area contributed by atoms with E-state index in [1.807, 2.05) is 19.1 Å². The molecule has 2 rings (SSSR count). The van der Waals surface area contributed by atoms with E-state index in [1.54, 1.807) is 35.4 Å². The largest absolute Gasteiger partial charge is 0.494 e. The number of carbonyl (C=O) groups excluding carboxylic acids is 2. The van der Waals surface area contributed by atoms with Crippen molar-refractivity contribution < 1.29 is 23.8 Å². The van der Waals surface area contributed by atoms with Gasteiger partial charge in [-0.05, 0) is 42.8 Å². The van der Waals surface area contributed by atoms with Crippen LogP contribution in [0.2, 0.25) is 0 Å². The topological polar surface area (TPSA) is 65.1 Å². The fraction of sp³-hybridized carbons (Fsp3) is 0.263. The Morgan fingerprint density at radius 1 is 1.00 bits per heavy atom. The Hall–Kier alpha value is -3.02. The predicted octanol–water partition coefficient (Wildman–Crippen LogP) is 2.97. The maximum absolute atomic E-state index is 12.3. The second-order valence-electron chi connectivity index (χ2n) is 5.16. The van der Waals surface area contributed by atoms with Crippen molar-refractivity contribution >= 4 is 17.6 Å². The second kappa shape index (κ2) is 8.73. The maximum atomic E-state index is 12.3. The van der Waals surface area contributed by atoms with E-state index in [0.717, 1.165) is 12.2 Å². The molecule has 0 aromatic heterocycles. The van der Waals surface area contributed by atoms with Gasteiger partial charge in [0.1, 0.15) is 11.4 Å². The van der Waals surface area contributed by atoms with Crippen LogP contribution < -0.4 is 9.64 Å². The van der Waals surface area contributed by atoms with Gasteiger partial charge in [-0.25, -0.2) is 9.59 Å². The van der Waals surface area contributed by atoms with Gasteiger partial charge in [0.15, 0.2) is 0 Å². The molecule has 1 heterocycles. The summed E-state index contributed by atoms with van der Waals surface area (Å²) in [7, 11) is 2.53. The zero-order valence-corrected chi connectivity index (χ0v) is 14.5. The number of hydrogen-bond acceptors (Lipinski definition) is 6. The van der Waals surface area contributed by atoms with Crippen molar-refractivity contribution in [3.8, 4) is 5.75 Å². The predicted molar refractivity (Wildman–Crippen MR) is 94.0 cm³/mol. The minimum absolute atomic E-state index is 0.0848. The quantitative estimate of drug-likeness (QED) is 0.740. The first kappa shape index (κ1) is 18.3. The van der Waals surface area contributed by atoms with E-state index in [2.05, 4.69) is 0 Å². The molecule has 0 N–H and O–H groups in total. The first-order valence-corrected chi connectivity index (χ1v) is 7.90. The summed E-state index contributed by atoms with van der Waals surface area (Å²) in [6.45, 7) is 2.66. The Balaban J connectivity index is 2.45. The Morgan fingerprint density at radius 2 is 1.68 bits per heavy atom. The lowest BCUT2D eigenvalue weighted by Crippen LogP contribution is -2.26. The van der Waals surface area contributed by atoms with Crippen molar-refractivity contribution in [2.24, 2.45) is 0 Å². The zero-order chi connectivity index (χ0) is 18.2. The van der Waals surface area contributed by atoms with Crippen molar-refractivity contribution in [3.05, 3.63) is 60.0 Å². The first-order chi connectivity index (χ1) is 12.1. The molecule has 25 heavy (non-hydrogen) atoms. The summed E-state index contributed by atoms with van der Waals surface area (Å²) in [5.41, 5.74) is 0.887. The number of benzene rings is 1. The standard InChI is InChI=1S/C19H21NO5/c1-4-13-25-15-10-8-14(9-11-15)20-12-6-5-7-16(18(21)23-2)17(20)19(22)24-3/h5-12H,4,13H2,1-3H3. The summed E-state index contributed by atoms with van der Waals surface area (Å²) in [6.07, 6.45) is 7.50. The third kappa shape index (κ3) is 4.29. The highest BCUT2D eigenvalue weighted by Gasteiger charge is 2.27. The van der Waals surface area contributed by atoms with Gasteiger partial charge in [-0.1, -0.05) is 13.0 Å². The van der Waals surface area contributed by atoms with E-state index in [4.69, 9.17) is 14.2 Å². The fourth-order valence-corrected chi connectivity index (χ4v) is 2.29. The fourth-order valence-electron chi connectivity index (χ4n) is 2.29. The summed E-state index contributed by atoms with van der Waals surface area (Å²) in [5, 5.41) is 0. The smallest absolute Gasteiger partial charge is 0.355 e. The van der Waals surface area contributed by atoms with Crippen LogP contribution in [0.5, 0.6) is 5.75 Å². The van der Waals surface area contributed by atoms with Crippen LogP contribution in [-0.4, -0.2) is 32.8 Å². The molecule has 0 fully saturated rings. The summed E-state index contributed by atoms with van der Waals surface area (Å²) in [6, 6.07) is 7.23. The molecule has 0 aliphatic carbocycles. The molecule has 132 valence electrons. The molecular weight excluding hydrogens is 322 g/mol. The van der Waals surface area contributed by atoms with Gasteiger partial charge in [0.2, 0.25) is 0 Å². The van der Waals surface area contributed by atoms with Crippen LogP contribution in [0.15, 0.2) is 60.0 Å². The lowest BCUT2D eigenvalue weighted by molar-refractivity contribution is -0.139. The monoisotopic (exact) mass is 343 g/mol. The van der Waals surface area contributed by atoms with Crippen LogP contribution in [0.1, 0.15) is 13.3 Å².